The molecule has 4 atom stereocenters. The van der Waals surface area contributed by atoms with Gasteiger partial charge in [-0.15, -0.1) is 5.06 Å². The summed E-state index contributed by atoms with van der Waals surface area (Å²) < 4.78 is 15.8. The van der Waals surface area contributed by atoms with Crippen LogP contribution < -0.4 is 31.9 Å². The molecule has 0 aliphatic carbocycles. The molecule has 0 aromatic carbocycles. The second-order valence-corrected chi connectivity index (χ2v) is 23.5. The van der Waals surface area contributed by atoms with Crippen LogP contribution in [0.5, 0.6) is 0 Å². The minimum Gasteiger partial charge on any atom is -0.382 e. The van der Waals surface area contributed by atoms with Crippen LogP contribution in [0.15, 0.2) is 18.3 Å². The van der Waals surface area contributed by atoms with Crippen molar-refractivity contribution in [3.63, 3.8) is 0 Å². The molecule has 87 heavy (non-hydrogen) atoms. The van der Waals surface area contributed by atoms with Gasteiger partial charge < -0.3 is 50.9 Å². The van der Waals surface area contributed by atoms with Crippen molar-refractivity contribution in [1.29, 1.82) is 0 Å². The van der Waals surface area contributed by atoms with Crippen molar-refractivity contribution in [2.24, 2.45) is 0 Å². The quantitative estimate of drug-likeness (QED) is 0.0225. The zero-order valence-electron chi connectivity index (χ0n) is 51.7. The van der Waals surface area contributed by atoms with Crippen LogP contribution in [0.3, 0.4) is 0 Å². The Morgan fingerprint density at radius 2 is 1.25 bits per heavy atom. The number of rotatable bonds is 50. The average Bonchev–Trinajstić information content (AvgIpc) is 2.21. The van der Waals surface area contributed by atoms with Gasteiger partial charge in [0, 0.05) is 128 Å². The Morgan fingerprint density at radius 1 is 0.644 bits per heavy atom. The molecule has 4 heterocycles. The zero-order valence-corrected chi connectivity index (χ0v) is 52.6. The van der Waals surface area contributed by atoms with Crippen molar-refractivity contribution in [2.45, 2.75) is 223 Å². The number of unbranched alkanes of at least 4 members (excludes halogenated alkanes) is 8. The number of aromatic nitrogens is 1. The summed E-state index contributed by atoms with van der Waals surface area (Å²) in [7, 11) is 1.66. The third-order valence-electron chi connectivity index (χ3n) is 14.6. The number of thioether (sulfide) groups is 1. The second kappa shape index (κ2) is 46.0. The minimum absolute atomic E-state index is 0.00442. The van der Waals surface area contributed by atoms with Gasteiger partial charge in [0.05, 0.1) is 49.9 Å². The molecule has 0 saturated carbocycles. The normalized spacial score (nSPS) is 16.2. The first kappa shape index (κ1) is 75.1. The van der Waals surface area contributed by atoms with Gasteiger partial charge >= 0.3 is 12.0 Å². The number of nitrogens with one attached hydrogen (secondary N) is 6. The lowest BCUT2D eigenvalue weighted by Gasteiger charge is -2.18. The Balaban J connectivity index is 0.000000682. The number of hydroxylamine groups is 2. The molecule has 25 heteroatoms. The maximum Gasteiger partial charge on any atom is 0.333 e. The van der Waals surface area contributed by atoms with E-state index in [9.17, 15) is 57.5 Å². The topological polar surface area (TPSA) is 330 Å². The van der Waals surface area contributed by atoms with E-state index < -0.39 is 23.8 Å². The van der Waals surface area contributed by atoms with Gasteiger partial charge in [-0.25, -0.2) is 14.6 Å². The molecule has 0 bridgehead atoms. The van der Waals surface area contributed by atoms with Crippen LogP contribution >= 0.6 is 11.8 Å². The van der Waals surface area contributed by atoms with E-state index in [4.69, 9.17) is 19.0 Å². The number of carbonyl (C=O) groups excluding carboxylic acids is 12. The lowest BCUT2D eigenvalue weighted by Crippen LogP contribution is -2.41. The highest BCUT2D eigenvalue weighted by molar-refractivity contribution is 8.00. The highest BCUT2D eigenvalue weighted by atomic mass is 32.2. The summed E-state index contributed by atoms with van der Waals surface area (Å²) in [6, 6.07) is 2.96. The molecule has 488 valence electrons. The van der Waals surface area contributed by atoms with E-state index in [0.717, 1.165) is 70.0 Å². The number of amides is 7. The van der Waals surface area contributed by atoms with Crippen LogP contribution in [-0.2, 0) is 67.0 Å². The number of methoxy groups -OCH3 is 1. The summed E-state index contributed by atoms with van der Waals surface area (Å²) in [6.07, 6.45) is 16.8. The Morgan fingerprint density at radius 3 is 1.91 bits per heavy atom. The Hall–Kier alpha value is -6.18. The number of pyridine rings is 1. The number of carbonyl (C=O) groups is 12. The molecule has 3 aliphatic rings. The standard InChI is InChI=1S/C45H68N6O12.C17H30N2O4S/c1-3-29-62-30-12-10-17-38(55)37(21-20-36(54)16-13-28-47-45(61)34-19-22-39(49-32-34)48-31-33(2)52)50-41(57)18-9-5-4-7-14-35(53)15-8-6-11-27-46-40(56)23-26-44(60)63-51-42(58)24-25-43(51)59;1-22-10-11-23-9-5-4-7-13(20)6-2-3-8-15-16-14(12-24-15)18-17(21)19-16/h19,22,32,37H,3-18,20-21,23-31H2,1-2H3,(H,46,56)(H,47,61)(H,48,49)(H,50,57);14-16H,2-12H2,1H3,(H2,18,19,21)/t37-;14-,15-,16-/m00/s1. The lowest BCUT2D eigenvalue weighted by molar-refractivity contribution is -0.197. The fourth-order valence-corrected chi connectivity index (χ4v) is 11.2. The molecule has 0 radical (unpaired) electrons. The number of hydrogen-bond donors (Lipinski definition) is 6. The fraction of sp³-hybridized carbons (Fsp3) is 0.726. The van der Waals surface area contributed by atoms with Crippen molar-refractivity contribution >= 4 is 88.0 Å². The maximum atomic E-state index is 13.2. The number of urea groups is 1. The van der Waals surface area contributed by atoms with Crippen molar-refractivity contribution < 1.29 is 76.6 Å². The first-order valence-electron chi connectivity index (χ1n) is 31.5. The molecule has 24 nitrogen and oxygen atoms in total. The van der Waals surface area contributed by atoms with E-state index in [1.807, 2.05) is 18.7 Å². The van der Waals surface area contributed by atoms with Crippen molar-refractivity contribution in [3.8, 4) is 0 Å². The van der Waals surface area contributed by atoms with Crippen molar-refractivity contribution in [1.82, 2.24) is 36.6 Å². The molecule has 0 spiro atoms. The lowest BCUT2D eigenvalue weighted by atomic mass is 9.99. The third kappa shape index (κ3) is 34.8. The van der Waals surface area contributed by atoms with Crippen LogP contribution in [0.1, 0.15) is 210 Å². The van der Waals surface area contributed by atoms with E-state index in [0.29, 0.717) is 137 Å². The highest BCUT2D eigenvalue weighted by Gasteiger charge is 2.42. The van der Waals surface area contributed by atoms with Gasteiger partial charge in [-0.05, 0) is 103 Å². The smallest absolute Gasteiger partial charge is 0.333 e. The maximum absolute atomic E-state index is 13.2. The van der Waals surface area contributed by atoms with Crippen molar-refractivity contribution in [2.75, 3.05) is 70.8 Å². The zero-order chi connectivity index (χ0) is 63.4. The van der Waals surface area contributed by atoms with E-state index in [-0.39, 0.29) is 124 Å². The number of fused-ring (bicyclic) bond motifs is 1. The van der Waals surface area contributed by atoms with Gasteiger partial charge in [0.25, 0.3) is 17.7 Å². The van der Waals surface area contributed by atoms with Gasteiger partial charge in [0.2, 0.25) is 11.8 Å². The van der Waals surface area contributed by atoms with Crippen LogP contribution in [0.25, 0.3) is 0 Å². The Bertz CT molecular complexity index is 2310. The van der Waals surface area contributed by atoms with E-state index in [2.05, 4.69) is 36.9 Å². The SMILES string of the molecule is CCCOCCCCC(=O)[C@H](CCC(=O)CCCNC(=O)c1ccc(NCC(C)=O)nc1)NC(=O)CCCCCCC(=O)CCCCCNC(=O)CCC(=O)ON1C(=O)CCC1=O.COCCOCCCCC(=O)CCCC[C@@H]1SC[C@@H]2NC(=O)N[C@@H]21. The van der Waals surface area contributed by atoms with Crippen molar-refractivity contribution in [3.05, 3.63) is 23.9 Å². The molecule has 7 amide bonds. The summed E-state index contributed by atoms with van der Waals surface area (Å²) in [5, 5.41) is 18.1. The molecule has 0 unspecified atom stereocenters. The molecule has 6 N–H and O–H groups in total. The molecular formula is C62H98N8O16S. The number of nitrogens with zero attached hydrogens (tertiary/aromatic N) is 2. The summed E-state index contributed by atoms with van der Waals surface area (Å²) in [4.78, 5) is 154. The van der Waals surface area contributed by atoms with Crippen LogP contribution in [0, 0.1) is 0 Å². The number of hydrogen-bond acceptors (Lipinski definition) is 19. The average molecular weight is 1240 g/mol. The first-order chi connectivity index (χ1) is 42.0. The third-order valence-corrected chi connectivity index (χ3v) is 16.1. The number of ether oxygens (including phenoxy) is 3. The highest BCUT2D eigenvalue weighted by Crippen LogP contribution is 2.33. The van der Waals surface area contributed by atoms with Crippen LogP contribution in [0.4, 0.5) is 10.6 Å². The van der Waals surface area contributed by atoms with Crippen LogP contribution in [0.2, 0.25) is 0 Å². The number of anilines is 1. The van der Waals surface area contributed by atoms with Gasteiger partial charge in [-0.3, -0.25) is 47.9 Å². The number of imide groups is 1. The number of ketones is 5. The summed E-state index contributed by atoms with van der Waals surface area (Å²) in [5.74, 6) is -1.17. The van der Waals surface area contributed by atoms with E-state index in [1.165, 1.54) is 13.1 Å². The Labute approximate surface area is 517 Å². The Kier molecular flexibility index (Phi) is 39.7. The second-order valence-electron chi connectivity index (χ2n) is 22.2. The van der Waals surface area contributed by atoms with E-state index >= 15 is 0 Å². The molecule has 3 saturated heterocycles. The van der Waals surface area contributed by atoms with Crippen LogP contribution in [-0.4, -0.2) is 169 Å². The summed E-state index contributed by atoms with van der Waals surface area (Å²) in [5.41, 5.74) is 0.347. The molecular weight excluding hydrogens is 1140 g/mol. The number of Topliss-reactive ketones (excluding diaryl/α,β-unsaturated/α-hetero) is 5. The summed E-state index contributed by atoms with van der Waals surface area (Å²) in [6.45, 7) is 7.46. The monoisotopic (exact) mass is 1240 g/mol. The molecule has 1 aromatic heterocycles. The van der Waals surface area contributed by atoms with Gasteiger partial charge in [-0.2, -0.15) is 11.8 Å². The predicted molar refractivity (Wildman–Crippen MR) is 327 cm³/mol. The molecule has 3 aliphatic heterocycles. The van der Waals surface area contributed by atoms with Gasteiger partial charge in [0.15, 0.2) is 5.78 Å². The first-order valence-corrected chi connectivity index (χ1v) is 32.5. The van der Waals surface area contributed by atoms with Gasteiger partial charge in [0.1, 0.15) is 29.0 Å². The van der Waals surface area contributed by atoms with Gasteiger partial charge in [-0.1, -0.05) is 32.6 Å². The molecule has 3 fully saturated rings. The molecule has 4 rings (SSSR count). The molecule has 1 aromatic rings. The van der Waals surface area contributed by atoms with E-state index in [1.54, 1.807) is 19.2 Å². The largest absolute Gasteiger partial charge is 0.382 e. The summed E-state index contributed by atoms with van der Waals surface area (Å²) >= 11 is 1.94. The predicted octanol–water partition coefficient (Wildman–Crippen LogP) is 6.68. The fourth-order valence-electron chi connectivity index (χ4n) is 9.63. The minimum atomic E-state index is -0.831.